The Hall–Kier alpha value is -1.83. The molecule has 0 saturated carbocycles. The first-order valence-corrected chi connectivity index (χ1v) is 6.75. The zero-order chi connectivity index (χ0) is 16.2. The van der Waals surface area contributed by atoms with Crippen LogP contribution in [0, 0.1) is 6.92 Å². The second kappa shape index (κ2) is 6.75. The van der Waals surface area contributed by atoms with Crippen LogP contribution in [-0.2, 0) is 4.79 Å². The van der Waals surface area contributed by atoms with Crippen molar-refractivity contribution in [1.82, 2.24) is 4.90 Å². The van der Waals surface area contributed by atoms with E-state index in [0.717, 1.165) is 22.3 Å². The van der Waals surface area contributed by atoms with Crippen molar-refractivity contribution in [2.75, 3.05) is 13.6 Å². The Morgan fingerprint density at radius 2 is 2.05 bits per heavy atom. The Morgan fingerprint density at radius 3 is 2.57 bits per heavy atom. The fourth-order valence-electron chi connectivity index (χ4n) is 1.50. The number of aliphatic carboxylic acids is 1. The maximum absolute atomic E-state index is 12.1. The van der Waals surface area contributed by atoms with Gasteiger partial charge in [0.25, 0.3) is 5.91 Å². The van der Waals surface area contributed by atoms with E-state index in [1.54, 1.807) is 13.0 Å². The summed E-state index contributed by atoms with van der Waals surface area (Å²) in [6, 6.07) is 1.54. The number of carbonyl (C=O) groups excluding carboxylic acids is 1. The highest BCUT2D eigenvalue weighted by Crippen LogP contribution is 2.25. The summed E-state index contributed by atoms with van der Waals surface area (Å²) >= 11 is 1.05. The highest BCUT2D eigenvalue weighted by atomic mass is 32.1. The smallest absolute Gasteiger partial charge is 0.390 e. The highest BCUT2D eigenvalue weighted by molar-refractivity contribution is 7.15. The Kier molecular flexibility index (Phi) is 5.54. The number of hydrogen-bond acceptors (Lipinski definition) is 3. The van der Waals surface area contributed by atoms with E-state index in [1.165, 1.54) is 13.1 Å². The van der Waals surface area contributed by atoms with Gasteiger partial charge in [-0.3, -0.25) is 4.79 Å². The van der Waals surface area contributed by atoms with Crippen molar-refractivity contribution >= 4 is 29.3 Å². The van der Waals surface area contributed by atoms with Crippen LogP contribution in [0.2, 0.25) is 0 Å². The van der Waals surface area contributed by atoms with E-state index in [9.17, 15) is 22.8 Å². The average molecular weight is 321 g/mol. The summed E-state index contributed by atoms with van der Waals surface area (Å²) in [6.07, 6.45) is -3.07. The van der Waals surface area contributed by atoms with Gasteiger partial charge in [0, 0.05) is 24.5 Å². The molecule has 0 aromatic carbocycles. The van der Waals surface area contributed by atoms with E-state index in [4.69, 9.17) is 5.11 Å². The molecule has 0 fully saturated rings. The van der Waals surface area contributed by atoms with Gasteiger partial charge in [0.05, 0.1) is 11.3 Å². The van der Waals surface area contributed by atoms with Crippen molar-refractivity contribution in [1.29, 1.82) is 0 Å². The lowest BCUT2D eigenvalue weighted by atomic mass is 10.2. The lowest BCUT2D eigenvalue weighted by Crippen LogP contribution is -2.30. The van der Waals surface area contributed by atoms with Crippen LogP contribution in [0.25, 0.3) is 6.08 Å². The molecular formula is C13H14F3NO3S. The van der Waals surface area contributed by atoms with E-state index >= 15 is 0 Å². The van der Waals surface area contributed by atoms with Gasteiger partial charge >= 0.3 is 12.1 Å². The van der Waals surface area contributed by atoms with E-state index in [-0.39, 0.29) is 4.88 Å². The van der Waals surface area contributed by atoms with Gasteiger partial charge in [-0.1, -0.05) is 0 Å². The molecule has 0 spiro atoms. The molecule has 1 amide bonds. The molecule has 0 radical (unpaired) electrons. The third-order valence-corrected chi connectivity index (χ3v) is 3.81. The number of carboxylic acids is 1. The van der Waals surface area contributed by atoms with Gasteiger partial charge in [0.1, 0.15) is 0 Å². The molecule has 0 unspecified atom stereocenters. The third-order valence-electron chi connectivity index (χ3n) is 2.62. The third kappa shape index (κ3) is 5.58. The van der Waals surface area contributed by atoms with Crippen LogP contribution in [0.5, 0.6) is 0 Å². The normalized spacial score (nSPS) is 11.9. The standard InChI is InChI=1S/C13H14F3NO3S/c1-8-7-10(21-9(8)3-4-11(18)19)12(20)17(2)6-5-13(14,15)16/h3-4,7H,5-6H2,1-2H3,(H,18,19)/b4-3+. The summed E-state index contributed by atoms with van der Waals surface area (Å²) in [5, 5.41) is 8.55. The zero-order valence-electron chi connectivity index (χ0n) is 11.4. The fourth-order valence-corrected chi connectivity index (χ4v) is 2.57. The molecule has 1 heterocycles. The topological polar surface area (TPSA) is 57.6 Å². The first-order valence-electron chi connectivity index (χ1n) is 5.94. The van der Waals surface area contributed by atoms with Crippen LogP contribution in [-0.4, -0.2) is 41.7 Å². The molecule has 1 aromatic rings. The van der Waals surface area contributed by atoms with Gasteiger partial charge < -0.3 is 10.0 Å². The summed E-state index contributed by atoms with van der Waals surface area (Å²) < 4.78 is 36.4. The molecule has 0 atom stereocenters. The molecule has 0 aliphatic rings. The first-order chi connectivity index (χ1) is 9.60. The van der Waals surface area contributed by atoms with Crippen LogP contribution in [0.3, 0.4) is 0 Å². The number of amides is 1. The summed E-state index contributed by atoms with van der Waals surface area (Å²) in [4.78, 5) is 24.3. The molecule has 4 nitrogen and oxygen atoms in total. The number of aryl methyl sites for hydroxylation is 1. The maximum atomic E-state index is 12.1. The first kappa shape index (κ1) is 17.2. The molecule has 0 bridgehead atoms. The molecule has 1 N–H and O–H groups in total. The van der Waals surface area contributed by atoms with E-state index in [2.05, 4.69) is 0 Å². The van der Waals surface area contributed by atoms with Gasteiger partial charge in [0.2, 0.25) is 0 Å². The van der Waals surface area contributed by atoms with Gasteiger partial charge in [-0.05, 0) is 24.6 Å². The molecule has 1 aromatic heterocycles. The lowest BCUT2D eigenvalue weighted by Gasteiger charge is -2.17. The molecule has 116 valence electrons. The number of halogens is 3. The predicted octanol–water partition coefficient (Wildman–Crippen LogP) is 3.18. The van der Waals surface area contributed by atoms with Crippen molar-refractivity contribution in [2.45, 2.75) is 19.5 Å². The molecule has 1 rings (SSSR count). The maximum Gasteiger partial charge on any atom is 0.390 e. The molecule has 0 aliphatic carbocycles. The number of carbonyl (C=O) groups is 2. The number of carboxylic acid groups (broad SMARTS) is 1. The number of hydrogen-bond donors (Lipinski definition) is 1. The summed E-state index contributed by atoms with van der Waals surface area (Å²) in [5.74, 6) is -1.62. The molecule has 8 heteroatoms. The molecule has 0 saturated heterocycles. The minimum atomic E-state index is -4.31. The SMILES string of the molecule is Cc1cc(C(=O)N(C)CCC(F)(F)F)sc1/C=C/C(=O)O. The van der Waals surface area contributed by atoms with Crippen molar-refractivity contribution in [3.05, 3.63) is 27.5 Å². The van der Waals surface area contributed by atoms with E-state index in [1.807, 2.05) is 0 Å². The van der Waals surface area contributed by atoms with Gasteiger partial charge in [-0.15, -0.1) is 11.3 Å². The van der Waals surface area contributed by atoms with Crippen LogP contribution < -0.4 is 0 Å². The molecule has 0 aliphatic heterocycles. The number of thiophene rings is 1. The van der Waals surface area contributed by atoms with Crippen molar-refractivity contribution < 1.29 is 27.9 Å². The summed E-state index contributed by atoms with van der Waals surface area (Å²) in [7, 11) is 1.30. The van der Waals surface area contributed by atoms with Crippen LogP contribution >= 0.6 is 11.3 Å². The second-order valence-corrected chi connectivity index (χ2v) is 5.51. The van der Waals surface area contributed by atoms with E-state index in [0.29, 0.717) is 10.4 Å². The largest absolute Gasteiger partial charge is 0.478 e. The fraction of sp³-hybridized carbons (Fsp3) is 0.385. The van der Waals surface area contributed by atoms with Crippen LogP contribution in [0.1, 0.15) is 26.5 Å². The highest BCUT2D eigenvalue weighted by Gasteiger charge is 2.28. The minimum Gasteiger partial charge on any atom is -0.478 e. The van der Waals surface area contributed by atoms with Gasteiger partial charge in [-0.2, -0.15) is 13.2 Å². The van der Waals surface area contributed by atoms with Gasteiger partial charge in [0.15, 0.2) is 0 Å². The number of alkyl halides is 3. The Labute approximate surface area is 123 Å². The average Bonchev–Trinajstić information content (AvgIpc) is 2.73. The Balaban J connectivity index is 2.79. The van der Waals surface area contributed by atoms with E-state index < -0.39 is 31.0 Å². The van der Waals surface area contributed by atoms with Crippen molar-refractivity contribution in [2.24, 2.45) is 0 Å². The second-order valence-electron chi connectivity index (χ2n) is 4.42. The lowest BCUT2D eigenvalue weighted by molar-refractivity contribution is -0.136. The van der Waals surface area contributed by atoms with Crippen molar-refractivity contribution in [3.63, 3.8) is 0 Å². The monoisotopic (exact) mass is 321 g/mol. The Morgan fingerprint density at radius 1 is 1.43 bits per heavy atom. The number of nitrogens with zero attached hydrogens (tertiary/aromatic N) is 1. The van der Waals surface area contributed by atoms with Crippen LogP contribution in [0.4, 0.5) is 13.2 Å². The molecule has 21 heavy (non-hydrogen) atoms. The molecular weight excluding hydrogens is 307 g/mol. The Bertz CT molecular complexity index is 563. The van der Waals surface area contributed by atoms with Crippen LogP contribution in [0.15, 0.2) is 12.1 Å². The van der Waals surface area contributed by atoms with Gasteiger partial charge in [-0.25, -0.2) is 4.79 Å². The summed E-state index contributed by atoms with van der Waals surface area (Å²) in [6.45, 7) is 1.28. The summed E-state index contributed by atoms with van der Waals surface area (Å²) in [5.41, 5.74) is 0.699. The number of rotatable bonds is 5. The minimum absolute atomic E-state index is 0.280. The zero-order valence-corrected chi connectivity index (χ0v) is 12.2. The predicted molar refractivity (Wildman–Crippen MR) is 73.4 cm³/mol. The quantitative estimate of drug-likeness (QED) is 0.848. The van der Waals surface area contributed by atoms with Crippen molar-refractivity contribution in [3.8, 4) is 0 Å².